The molecule has 0 amide bonds. The van der Waals surface area contributed by atoms with Crippen molar-refractivity contribution in [3.8, 4) is 0 Å². The highest BCUT2D eigenvalue weighted by Gasteiger charge is 2.25. The third kappa shape index (κ3) is 5.13. The van der Waals surface area contributed by atoms with Gasteiger partial charge < -0.3 is 19.4 Å². The van der Waals surface area contributed by atoms with E-state index >= 15 is 0 Å². The van der Waals surface area contributed by atoms with E-state index in [9.17, 15) is 0 Å². The minimum Gasteiger partial charge on any atom is -0.469 e. The maximum absolute atomic E-state index is 5.86. The van der Waals surface area contributed by atoms with Gasteiger partial charge in [-0.25, -0.2) is 4.98 Å². The van der Waals surface area contributed by atoms with Gasteiger partial charge in [-0.3, -0.25) is 10.1 Å². The summed E-state index contributed by atoms with van der Waals surface area (Å²) in [5, 5.41) is 10.5. The quantitative estimate of drug-likeness (QED) is 0.585. The Morgan fingerprint density at radius 3 is 2.93 bits per heavy atom. The Morgan fingerprint density at radius 1 is 1.29 bits per heavy atom. The van der Waals surface area contributed by atoms with E-state index in [-0.39, 0.29) is 6.10 Å². The van der Waals surface area contributed by atoms with Crippen LogP contribution in [0.4, 0.5) is 0 Å². The molecular formula is C20H30N6O2. The predicted molar refractivity (Wildman–Crippen MR) is 106 cm³/mol. The monoisotopic (exact) mass is 386 g/mol. The maximum atomic E-state index is 5.86. The van der Waals surface area contributed by atoms with Gasteiger partial charge in [-0.15, -0.1) is 0 Å². The molecule has 152 valence electrons. The zero-order chi connectivity index (χ0) is 19.0. The molecule has 4 rings (SSSR count). The molecular weight excluding hydrogens is 356 g/mol. The Balaban J connectivity index is 1.34. The van der Waals surface area contributed by atoms with Crippen LogP contribution < -0.4 is 5.32 Å². The molecule has 2 aromatic rings. The van der Waals surface area contributed by atoms with Gasteiger partial charge in [0.25, 0.3) is 0 Å². The van der Waals surface area contributed by atoms with Crippen molar-refractivity contribution in [3.05, 3.63) is 36.3 Å². The highest BCUT2D eigenvalue weighted by atomic mass is 16.5. The fourth-order valence-corrected chi connectivity index (χ4v) is 3.94. The van der Waals surface area contributed by atoms with Crippen LogP contribution >= 0.6 is 0 Å². The first-order chi connectivity index (χ1) is 13.9. The molecule has 0 aromatic carbocycles. The molecule has 2 saturated heterocycles. The lowest BCUT2D eigenvalue weighted by molar-refractivity contribution is 0.0223. The average Bonchev–Trinajstić information content (AvgIpc) is 3.46. The Bertz CT molecular complexity index is 701. The molecule has 2 aliphatic rings. The van der Waals surface area contributed by atoms with Gasteiger partial charge in [-0.2, -0.15) is 5.10 Å². The van der Waals surface area contributed by atoms with Gasteiger partial charge in [-0.05, 0) is 44.2 Å². The Labute approximate surface area is 165 Å². The van der Waals surface area contributed by atoms with Crippen LogP contribution in [0.1, 0.15) is 49.6 Å². The SMILES string of the molecule is c1coc(CCNC(=NCC2CCCCO2)N2CCC(c3ncn[nH]3)CC2)c1. The second kappa shape index (κ2) is 9.73. The molecule has 8 heteroatoms. The van der Waals surface area contributed by atoms with Gasteiger partial charge in [0.1, 0.15) is 17.9 Å². The number of guanidine groups is 1. The van der Waals surface area contributed by atoms with Crippen LogP contribution in [0.3, 0.4) is 0 Å². The Hall–Kier alpha value is -2.35. The Kier molecular flexibility index (Phi) is 6.60. The van der Waals surface area contributed by atoms with E-state index in [2.05, 4.69) is 25.4 Å². The van der Waals surface area contributed by atoms with E-state index in [1.54, 1.807) is 12.6 Å². The third-order valence-corrected chi connectivity index (χ3v) is 5.57. The summed E-state index contributed by atoms with van der Waals surface area (Å²) in [6.07, 6.45) is 10.0. The number of aliphatic imine (C=N–C) groups is 1. The number of piperidine rings is 1. The number of aromatic nitrogens is 3. The van der Waals surface area contributed by atoms with E-state index in [4.69, 9.17) is 14.1 Å². The first kappa shape index (κ1) is 19.0. The second-order valence-corrected chi connectivity index (χ2v) is 7.54. The lowest BCUT2D eigenvalue weighted by Crippen LogP contribution is -2.46. The number of likely N-dealkylation sites (tertiary alicyclic amines) is 1. The van der Waals surface area contributed by atoms with Gasteiger partial charge in [0.2, 0.25) is 0 Å². The van der Waals surface area contributed by atoms with E-state index in [0.717, 1.165) is 76.0 Å². The van der Waals surface area contributed by atoms with Crippen LogP contribution in [0.15, 0.2) is 34.1 Å². The van der Waals surface area contributed by atoms with Crippen LogP contribution in [0.25, 0.3) is 0 Å². The number of aromatic amines is 1. The molecule has 1 atom stereocenters. The third-order valence-electron chi connectivity index (χ3n) is 5.57. The molecule has 2 aliphatic heterocycles. The van der Waals surface area contributed by atoms with Gasteiger partial charge in [0, 0.05) is 38.6 Å². The summed E-state index contributed by atoms with van der Waals surface area (Å²) in [4.78, 5) is 11.6. The smallest absolute Gasteiger partial charge is 0.194 e. The van der Waals surface area contributed by atoms with E-state index in [0.29, 0.717) is 5.92 Å². The van der Waals surface area contributed by atoms with E-state index in [1.807, 2.05) is 12.1 Å². The van der Waals surface area contributed by atoms with Crippen molar-refractivity contribution >= 4 is 5.96 Å². The highest BCUT2D eigenvalue weighted by molar-refractivity contribution is 5.80. The van der Waals surface area contributed by atoms with Gasteiger partial charge in [-0.1, -0.05) is 0 Å². The first-order valence-corrected chi connectivity index (χ1v) is 10.4. The molecule has 2 N–H and O–H groups in total. The summed E-state index contributed by atoms with van der Waals surface area (Å²) in [6, 6.07) is 3.94. The van der Waals surface area contributed by atoms with Crippen molar-refractivity contribution in [2.75, 3.05) is 32.8 Å². The van der Waals surface area contributed by atoms with Crippen molar-refractivity contribution in [1.29, 1.82) is 0 Å². The van der Waals surface area contributed by atoms with Crippen molar-refractivity contribution in [1.82, 2.24) is 25.4 Å². The topological polar surface area (TPSA) is 91.6 Å². The summed E-state index contributed by atoms with van der Waals surface area (Å²) in [5.74, 6) is 3.42. The lowest BCUT2D eigenvalue weighted by Gasteiger charge is -2.34. The van der Waals surface area contributed by atoms with Crippen molar-refractivity contribution in [3.63, 3.8) is 0 Å². The van der Waals surface area contributed by atoms with E-state index < -0.39 is 0 Å². The molecule has 28 heavy (non-hydrogen) atoms. The molecule has 2 fully saturated rings. The number of hydrogen-bond acceptors (Lipinski definition) is 5. The van der Waals surface area contributed by atoms with Crippen LogP contribution in [-0.2, 0) is 11.2 Å². The number of nitrogens with one attached hydrogen (secondary N) is 2. The number of rotatable bonds is 6. The second-order valence-electron chi connectivity index (χ2n) is 7.54. The standard InChI is InChI=1S/C20H30N6O2/c1-2-12-28-18(4-1)14-22-20(21-9-6-17-5-3-13-27-17)26-10-7-16(8-11-26)19-23-15-24-25-19/h3,5,13,15-16,18H,1-2,4,6-12,14H2,(H,21,22)(H,23,24,25). The molecule has 8 nitrogen and oxygen atoms in total. The summed E-state index contributed by atoms with van der Waals surface area (Å²) < 4.78 is 11.3. The van der Waals surface area contributed by atoms with Crippen molar-refractivity contribution < 1.29 is 9.15 Å². The molecule has 2 aromatic heterocycles. The van der Waals surface area contributed by atoms with Crippen LogP contribution in [0, 0.1) is 0 Å². The van der Waals surface area contributed by atoms with Gasteiger partial charge in [0.05, 0.1) is 18.9 Å². The first-order valence-electron chi connectivity index (χ1n) is 10.4. The van der Waals surface area contributed by atoms with Crippen molar-refractivity contribution in [2.24, 2.45) is 4.99 Å². The normalized spacial score (nSPS) is 21.8. The van der Waals surface area contributed by atoms with Gasteiger partial charge >= 0.3 is 0 Å². The molecule has 0 bridgehead atoms. The summed E-state index contributed by atoms with van der Waals surface area (Å²) in [7, 11) is 0. The molecule has 4 heterocycles. The minimum atomic E-state index is 0.252. The summed E-state index contributed by atoms with van der Waals surface area (Å²) in [5.41, 5.74) is 0. The molecule has 0 spiro atoms. The average molecular weight is 387 g/mol. The fourth-order valence-electron chi connectivity index (χ4n) is 3.94. The molecule has 0 radical (unpaired) electrons. The minimum absolute atomic E-state index is 0.252. The zero-order valence-corrected chi connectivity index (χ0v) is 16.3. The highest BCUT2D eigenvalue weighted by Crippen LogP contribution is 2.25. The Morgan fingerprint density at radius 2 is 2.21 bits per heavy atom. The number of H-pyrrole nitrogens is 1. The van der Waals surface area contributed by atoms with Crippen LogP contribution in [0.5, 0.6) is 0 Å². The molecule has 1 unspecified atom stereocenters. The fraction of sp³-hybridized carbons (Fsp3) is 0.650. The summed E-state index contributed by atoms with van der Waals surface area (Å²) in [6.45, 7) is 4.32. The predicted octanol–water partition coefficient (Wildman–Crippen LogP) is 2.33. The number of nitrogens with zero attached hydrogens (tertiary/aromatic N) is 4. The van der Waals surface area contributed by atoms with Crippen molar-refractivity contribution in [2.45, 2.75) is 50.5 Å². The number of furan rings is 1. The van der Waals surface area contributed by atoms with Gasteiger partial charge in [0.15, 0.2) is 5.96 Å². The number of ether oxygens (including phenoxy) is 1. The molecule has 0 saturated carbocycles. The maximum Gasteiger partial charge on any atom is 0.194 e. The van der Waals surface area contributed by atoms with Crippen LogP contribution in [-0.4, -0.2) is 64.9 Å². The lowest BCUT2D eigenvalue weighted by atomic mass is 9.96. The number of hydrogen-bond donors (Lipinski definition) is 2. The zero-order valence-electron chi connectivity index (χ0n) is 16.3. The van der Waals surface area contributed by atoms with Crippen LogP contribution in [0.2, 0.25) is 0 Å². The largest absolute Gasteiger partial charge is 0.469 e. The molecule has 0 aliphatic carbocycles. The summed E-state index contributed by atoms with van der Waals surface area (Å²) >= 11 is 0. The van der Waals surface area contributed by atoms with E-state index in [1.165, 1.54) is 12.8 Å².